The molecule has 0 amide bonds. The lowest BCUT2D eigenvalue weighted by atomic mass is 9.86. The van der Waals surface area contributed by atoms with Crippen molar-refractivity contribution in [3.63, 3.8) is 0 Å². The summed E-state index contributed by atoms with van der Waals surface area (Å²) in [5.74, 6) is 0.883. The van der Waals surface area contributed by atoms with Gasteiger partial charge in [-0.25, -0.2) is 4.99 Å². The van der Waals surface area contributed by atoms with Crippen LogP contribution in [0.1, 0.15) is 22.6 Å². The van der Waals surface area contributed by atoms with Crippen molar-refractivity contribution in [3.05, 3.63) is 162 Å². The molecular formula is C34H28NOP. The Morgan fingerprint density at radius 1 is 0.568 bits per heavy atom. The van der Waals surface area contributed by atoms with Crippen LogP contribution in [0.2, 0.25) is 0 Å². The van der Waals surface area contributed by atoms with E-state index in [1.54, 1.807) is 0 Å². The molecule has 0 aromatic heterocycles. The highest BCUT2D eigenvalue weighted by atomic mass is 31.1. The molecule has 0 unspecified atom stereocenters. The topological polar surface area (TPSA) is 21.6 Å². The normalized spacial score (nSPS) is 15.0. The molecule has 1 heterocycles. The monoisotopic (exact) mass is 497 g/mol. The highest BCUT2D eigenvalue weighted by Gasteiger charge is 2.32. The predicted molar refractivity (Wildman–Crippen MR) is 156 cm³/mol. The molecular weight excluding hydrogens is 469 g/mol. The minimum atomic E-state index is -0.761. The third-order valence-electron chi connectivity index (χ3n) is 6.78. The Balaban J connectivity index is 1.43. The summed E-state index contributed by atoms with van der Waals surface area (Å²) < 4.78 is 6.40. The van der Waals surface area contributed by atoms with E-state index in [0.29, 0.717) is 6.61 Å². The van der Waals surface area contributed by atoms with E-state index in [4.69, 9.17) is 9.73 Å². The Labute approximate surface area is 220 Å². The van der Waals surface area contributed by atoms with E-state index >= 15 is 0 Å². The second-order valence-electron chi connectivity index (χ2n) is 9.14. The van der Waals surface area contributed by atoms with Gasteiger partial charge in [-0.3, -0.25) is 0 Å². The first-order chi connectivity index (χ1) is 18.4. The molecule has 3 heteroatoms. The maximum atomic E-state index is 6.40. The molecule has 0 aliphatic carbocycles. The SMILES string of the molecule is c1ccc(C(c2ccccc2)[C@@H]2COC(c3ccccc3P(c3ccccc3)c3ccccc3)=N2)cc1. The van der Waals surface area contributed by atoms with Crippen LogP contribution in [-0.4, -0.2) is 18.5 Å². The van der Waals surface area contributed by atoms with Gasteiger partial charge in [-0.1, -0.05) is 140 Å². The Kier molecular flexibility index (Phi) is 6.92. The summed E-state index contributed by atoms with van der Waals surface area (Å²) in [6.07, 6.45) is 0. The maximum Gasteiger partial charge on any atom is 0.217 e. The van der Waals surface area contributed by atoms with Crippen molar-refractivity contribution in [3.8, 4) is 0 Å². The number of hydrogen-bond acceptors (Lipinski definition) is 2. The zero-order valence-corrected chi connectivity index (χ0v) is 21.4. The summed E-state index contributed by atoms with van der Waals surface area (Å²) in [4.78, 5) is 5.25. The maximum absolute atomic E-state index is 6.40. The van der Waals surface area contributed by atoms with Gasteiger partial charge in [0.05, 0.1) is 6.04 Å². The molecule has 180 valence electrons. The molecule has 2 nitrogen and oxygen atoms in total. The summed E-state index contributed by atoms with van der Waals surface area (Å²) >= 11 is 0. The van der Waals surface area contributed by atoms with Crippen LogP contribution >= 0.6 is 7.92 Å². The summed E-state index contributed by atoms with van der Waals surface area (Å²) in [7, 11) is -0.761. The largest absolute Gasteiger partial charge is 0.475 e. The number of ether oxygens (including phenoxy) is 1. The van der Waals surface area contributed by atoms with Gasteiger partial charge in [0, 0.05) is 11.5 Å². The first-order valence-electron chi connectivity index (χ1n) is 12.7. The number of hydrogen-bond donors (Lipinski definition) is 0. The fourth-order valence-electron chi connectivity index (χ4n) is 5.10. The van der Waals surface area contributed by atoms with Gasteiger partial charge in [-0.15, -0.1) is 0 Å². The van der Waals surface area contributed by atoms with Gasteiger partial charge in [0.2, 0.25) is 5.90 Å². The molecule has 6 rings (SSSR count). The van der Waals surface area contributed by atoms with Crippen LogP contribution in [0, 0.1) is 0 Å². The van der Waals surface area contributed by atoms with E-state index < -0.39 is 7.92 Å². The molecule has 0 fully saturated rings. The van der Waals surface area contributed by atoms with Crippen LogP contribution in [-0.2, 0) is 4.74 Å². The lowest BCUT2D eigenvalue weighted by Gasteiger charge is -2.22. The van der Waals surface area contributed by atoms with Crippen molar-refractivity contribution in [1.29, 1.82) is 0 Å². The number of benzene rings is 5. The van der Waals surface area contributed by atoms with Crippen LogP contribution in [0.15, 0.2) is 151 Å². The van der Waals surface area contributed by atoms with E-state index in [1.165, 1.54) is 27.0 Å². The van der Waals surface area contributed by atoms with E-state index in [2.05, 4.69) is 146 Å². The first-order valence-corrected chi connectivity index (χ1v) is 14.0. The smallest absolute Gasteiger partial charge is 0.217 e. The quantitative estimate of drug-likeness (QED) is 0.238. The first kappa shape index (κ1) is 23.4. The molecule has 1 atom stereocenters. The Morgan fingerprint density at radius 3 is 1.57 bits per heavy atom. The average Bonchev–Trinajstić information content (AvgIpc) is 3.45. The molecule has 37 heavy (non-hydrogen) atoms. The van der Waals surface area contributed by atoms with E-state index in [0.717, 1.165) is 11.5 Å². The van der Waals surface area contributed by atoms with Crippen molar-refractivity contribution in [2.75, 3.05) is 6.61 Å². The zero-order chi connectivity index (χ0) is 24.9. The Morgan fingerprint density at radius 2 is 1.03 bits per heavy atom. The van der Waals surface area contributed by atoms with Crippen LogP contribution in [0.4, 0.5) is 0 Å². The summed E-state index contributed by atoms with van der Waals surface area (Å²) in [5, 5.41) is 3.90. The van der Waals surface area contributed by atoms with E-state index in [-0.39, 0.29) is 12.0 Å². The second kappa shape index (κ2) is 10.9. The Bertz CT molecular complexity index is 1390. The minimum Gasteiger partial charge on any atom is -0.475 e. The summed E-state index contributed by atoms with van der Waals surface area (Å²) in [6, 6.07) is 51.6. The van der Waals surface area contributed by atoms with Gasteiger partial charge in [0.1, 0.15) is 6.61 Å². The molecule has 1 aliphatic rings. The summed E-state index contributed by atoms with van der Waals surface area (Å²) in [6.45, 7) is 0.562. The van der Waals surface area contributed by atoms with Crippen molar-refractivity contribution in [2.24, 2.45) is 4.99 Å². The fraction of sp³-hybridized carbons (Fsp3) is 0.0882. The van der Waals surface area contributed by atoms with Gasteiger partial charge < -0.3 is 4.74 Å². The van der Waals surface area contributed by atoms with Crippen LogP contribution in [0.25, 0.3) is 0 Å². The van der Waals surface area contributed by atoms with E-state index in [1.807, 2.05) is 0 Å². The van der Waals surface area contributed by atoms with Gasteiger partial charge in [0.15, 0.2) is 0 Å². The van der Waals surface area contributed by atoms with Crippen LogP contribution < -0.4 is 15.9 Å². The van der Waals surface area contributed by atoms with Crippen LogP contribution in [0.3, 0.4) is 0 Å². The molecule has 0 saturated heterocycles. The molecule has 0 N–H and O–H groups in total. The molecule has 5 aromatic rings. The fourth-order valence-corrected chi connectivity index (χ4v) is 7.54. The number of nitrogens with zero attached hydrogens (tertiary/aromatic N) is 1. The minimum absolute atomic E-state index is 0.00698. The van der Waals surface area contributed by atoms with Crippen LogP contribution in [0.5, 0.6) is 0 Å². The predicted octanol–water partition coefficient (Wildman–Crippen LogP) is 6.42. The van der Waals surface area contributed by atoms with Crippen molar-refractivity contribution >= 4 is 29.7 Å². The Hall–Kier alpha value is -4.00. The zero-order valence-electron chi connectivity index (χ0n) is 20.5. The highest BCUT2D eigenvalue weighted by molar-refractivity contribution is 7.80. The van der Waals surface area contributed by atoms with Crippen molar-refractivity contribution in [1.82, 2.24) is 0 Å². The average molecular weight is 498 g/mol. The van der Waals surface area contributed by atoms with E-state index in [9.17, 15) is 0 Å². The lowest BCUT2D eigenvalue weighted by Crippen LogP contribution is -2.25. The lowest BCUT2D eigenvalue weighted by molar-refractivity contribution is 0.309. The second-order valence-corrected chi connectivity index (χ2v) is 11.3. The molecule has 0 saturated carbocycles. The van der Waals surface area contributed by atoms with Crippen molar-refractivity contribution < 1.29 is 4.74 Å². The molecule has 0 bridgehead atoms. The molecule has 0 radical (unpaired) electrons. The molecule has 1 aliphatic heterocycles. The number of rotatable bonds is 7. The van der Waals surface area contributed by atoms with Crippen molar-refractivity contribution in [2.45, 2.75) is 12.0 Å². The molecule has 5 aromatic carbocycles. The van der Waals surface area contributed by atoms with Gasteiger partial charge in [-0.2, -0.15) is 0 Å². The van der Waals surface area contributed by atoms with Gasteiger partial charge in [-0.05, 0) is 41.0 Å². The number of aliphatic imine (C=N–C) groups is 1. The standard InChI is InChI=1S/C34H28NOP/c1-5-15-26(16-6-1)33(27-17-7-2-8-18-27)31-25-36-34(35-31)30-23-13-14-24-32(30)37(28-19-9-3-10-20-28)29-21-11-4-12-22-29/h1-24,31,33H,25H2/t31-/m0/s1. The third-order valence-corrected chi connectivity index (χ3v) is 9.28. The third kappa shape index (κ3) is 4.99. The van der Waals surface area contributed by atoms with Gasteiger partial charge >= 0.3 is 0 Å². The van der Waals surface area contributed by atoms with Gasteiger partial charge in [0.25, 0.3) is 0 Å². The summed E-state index contributed by atoms with van der Waals surface area (Å²) in [5.41, 5.74) is 3.61. The highest BCUT2D eigenvalue weighted by Crippen LogP contribution is 2.36. The molecule has 0 spiro atoms.